The molecule has 1 aliphatic rings. The van der Waals surface area contributed by atoms with Gasteiger partial charge < -0.3 is 20.6 Å². The standard InChI is InChI=1S/C24H30N4O4/c1-3-5-22(29)26-21-9-8-19(15-20(21)24(31)32)28-12-10-27(11-13-28)16-23(30)25-18-7-4-6-17(2)14-18/h4,6-9,14-15H,3,5,10-13,16H2,1-2H3,(H,25,30)(H,26,29)(H,31,32). The first-order chi connectivity index (χ1) is 15.4. The molecule has 0 radical (unpaired) electrons. The van der Waals surface area contributed by atoms with Gasteiger partial charge in [-0.2, -0.15) is 0 Å². The summed E-state index contributed by atoms with van der Waals surface area (Å²) >= 11 is 0. The quantitative estimate of drug-likeness (QED) is 0.585. The van der Waals surface area contributed by atoms with E-state index in [9.17, 15) is 19.5 Å². The molecule has 0 atom stereocenters. The topological polar surface area (TPSA) is 102 Å². The lowest BCUT2D eigenvalue weighted by Crippen LogP contribution is -2.48. The molecule has 32 heavy (non-hydrogen) atoms. The Balaban J connectivity index is 1.57. The van der Waals surface area contributed by atoms with Crippen molar-refractivity contribution < 1.29 is 19.5 Å². The smallest absolute Gasteiger partial charge is 0.337 e. The minimum absolute atomic E-state index is 0.0515. The van der Waals surface area contributed by atoms with E-state index in [-0.39, 0.29) is 17.4 Å². The predicted molar refractivity (Wildman–Crippen MR) is 125 cm³/mol. The lowest BCUT2D eigenvalue weighted by atomic mass is 10.1. The first kappa shape index (κ1) is 23.3. The van der Waals surface area contributed by atoms with Crippen molar-refractivity contribution in [2.75, 3.05) is 48.3 Å². The van der Waals surface area contributed by atoms with Crippen molar-refractivity contribution in [2.24, 2.45) is 0 Å². The summed E-state index contributed by atoms with van der Waals surface area (Å²) in [6, 6.07) is 12.8. The largest absolute Gasteiger partial charge is 0.478 e. The van der Waals surface area contributed by atoms with Gasteiger partial charge in [0.15, 0.2) is 0 Å². The number of carbonyl (C=O) groups excluding carboxylic acids is 2. The van der Waals surface area contributed by atoms with E-state index in [2.05, 4.69) is 20.4 Å². The number of nitrogens with zero attached hydrogens (tertiary/aromatic N) is 2. The van der Waals surface area contributed by atoms with Gasteiger partial charge in [0.05, 0.1) is 17.8 Å². The molecular weight excluding hydrogens is 408 g/mol. The van der Waals surface area contributed by atoms with Gasteiger partial charge in [-0.15, -0.1) is 0 Å². The van der Waals surface area contributed by atoms with E-state index < -0.39 is 5.97 Å². The highest BCUT2D eigenvalue weighted by atomic mass is 16.4. The maximum Gasteiger partial charge on any atom is 0.337 e. The van der Waals surface area contributed by atoms with Crippen LogP contribution >= 0.6 is 0 Å². The third-order valence-corrected chi connectivity index (χ3v) is 5.39. The molecule has 0 bridgehead atoms. The van der Waals surface area contributed by atoms with Crippen LogP contribution in [-0.2, 0) is 9.59 Å². The minimum atomic E-state index is -1.08. The van der Waals surface area contributed by atoms with Crippen LogP contribution in [-0.4, -0.2) is 60.5 Å². The van der Waals surface area contributed by atoms with Crippen molar-refractivity contribution >= 4 is 34.8 Å². The molecule has 1 saturated heterocycles. The molecule has 8 heteroatoms. The van der Waals surface area contributed by atoms with E-state index in [0.717, 1.165) is 16.9 Å². The van der Waals surface area contributed by atoms with Crippen LogP contribution in [0.3, 0.4) is 0 Å². The van der Waals surface area contributed by atoms with Crippen LogP contribution < -0.4 is 15.5 Å². The van der Waals surface area contributed by atoms with E-state index in [0.29, 0.717) is 51.3 Å². The SMILES string of the molecule is CCCC(=O)Nc1ccc(N2CCN(CC(=O)Nc3cccc(C)c3)CC2)cc1C(=O)O. The molecule has 1 fully saturated rings. The number of carbonyl (C=O) groups is 3. The van der Waals surface area contributed by atoms with Gasteiger partial charge in [0.1, 0.15) is 0 Å². The zero-order valence-electron chi connectivity index (χ0n) is 18.6. The van der Waals surface area contributed by atoms with Crippen LogP contribution in [0.1, 0.15) is 35.7 Å². The molecule has 0 spiro atoms. The Kier molecular flexibility index (Phi) is 7.83. The van der Waals surface area contributed by atoms with Crippen LogP contribution in [0, 0.1) is 6.92 Å². The Hall–Kier alpha value is -3.39. The Morgan fingerprint density at radius 2 is 1.72 bits per heavy atom. The second-order valence-electron chi connectivity index (χ2n) is 8.01. The maximum atomic E-state index is 12.4. The van der Waals surface area contributed by atoms with Crippen molar-refractivity contribution in [1.29, 1.82) is 0 Å². The van der Waals surface area contributed by atoms with E-state index in [4.69, 9.17) is 0 Å². The maximum absolute atomic E-state index is 12.4. The molecule has 2 amide bonds. The molecule has 2 aromatic carbocycles. The molecule has 3 rings (SSSR count). The van der Waals surface area contributed by atoms with Crippen LogP contribution in [0.15, 0.2) is 42.5 Å². The van der Waals surface area contributed by atoms with E-state index in [1.165, 1.54) is 0 Å². The molecule has 170 valence electrons. The predicted octanol–water partition coefficient (Wildman–Crippen LogP) is 3.19. The van der Waals surface area contributed by atoms with Gasteiger partial charge in [0, 0.05) is 44.0 Å². The molecule has 0 saturated carbocycles. The van der Waals surface area contributed by atoms with Gasteiger partial charge in [0.2, 0.25) is 11.8 Å². The Morgan fingerprint density at radius 1 is 0.969 bits per heavy atom. The van der Waals surface area contributed by atoms with Crippen molar-refractivity contribution in [3.05, 3.63) is 53.6 Å². The molecule has 0 aromatic heterocycles. The lowest BCUT2D eigenvalue weighted by Gasteiger charge is -2.36. The summed E-state index contributed by atoms with van der Waals surface area (Å²) in [6.07, 6.45) is 1.04. The van der Waals surface area contributed by atoms with Crippen molar-refractivity contribution in [3.8, 4) is 0 Å². The van der Waals surface area contributed by atoms with Crippen molar-refractivity contribution in [1.82, 2.24) is 4.90 Å². The number of aryl methyl sites for hydroxylation is 1. The fraction of sp³-hybridized carbons (Fsp3) is 0.375. The van der Waals surface area contributed by atoms with E-state index >= 15 is 0 Å². The average Bonchev–Trinajstić information content (AvgIpc) is 2.74. The molecule has 2 aromatic rings. The molecule has 0 unspecified atom stereocenters. The summed E-state index contributed by atoms with van der Waals surface area (Å²) in [5.74, 6) is -1.32. The summed E-state index contributed by atoms with van der Waals surface area (Å²) < 4.78 is 0. The molecule has 3 N–H and O–H groups in total. The zero-order valence-corrected chi connectivity index (χ0v) is 18.6. The second-order valence-corrected chi connectivity index (χ2v) is 8.01. The number of carboxylic acids is 1. The number of carboxylic acid groups (broad SMARTS) is 1. The van der Waals surface area contributed by atoms with Crippen LogP contribution in [0.4, 0.5) is 17.1 Å². The molecule has 8 nitrogen and oxygen atoms in total. The first-order valence-electron chi connectivity index (χ1n) is 10.9. The first-order valence-corrected chi connectivity index (χ1v) is 10.9. The number of aromatic carboxylic acids is 1. The lowest BCUT2D eigenvalue weighted by molar-refractivity contribution is -0.117. The average molecular weight is 439 g/mol. The summed E-state index contributed by atoms with van der Waals surface area (Å²) in [4.78, 5) is 40.1. The summed E-state index contributed by atoms with van der Waals surface area (Å²) in [6.45, 7) is 6.93. The minimum Gasteiger partial charge on any atom is -0.478 e. The number of hydrogen-bond acceptors (Lipinski definition) is 5. The van der Waals surface area contributed by atoms with Crippen LogP contribution in [0.5, 0.6) is 0 Å². The van der Waals surface area contributed by atoms with Crippen LogP contribution in [0.25, 0.3) is 0 Å². The van der Waals surface area contributed by atoms with E-state index in [1.807, 2.05) is 44.2 Å². The summed E-state index contributed by atoms with van der Waals surface area (Å²) in [5, 5.41) is 15.2. The Morgan fingerprint density at radius 3 is 2.38 bits per heavy atom. The van der Waals surface area contributed by atoms with E-state index in [1.54, 1.807) is 12.1 Å². The third-order valence-electron chi connectivity index (χ3n) is 5.39. The highest BCUT2D eigenvalue weighted by molar-refractivity contribution is 6.01. The number of nitrogens with one attached hydrogen (secondary N) is 2. The molecular formula is C24H30N4O4. The highest BCUT2D eigenvalue weighted by Gasteiger charge is 2.21. The van der Waals surface area contributed by atoms with Gasteiger partial charge in [0.25, 0.3) is 0 Å². The van der Waals surface area contributed by atoms with Gasteiger partial charge in [-0.05, 0) is 49.2 Å². The summed E-state index contributed by atoms with van der Waals surface area (Å²) in [5.41, 5.74) is 3.06. The number of anilines is 3. The van der Waals surface area contributed by atoms with Crippen molar-refractivity contribution in [3.63, 3.8) is 0 Å². The number of piperazine rings is 1. The monoisotopic (exact) mass is 438 g/mol. The van der Waals surface area contributed by atoms with Gasteiger partial charge in [-0.1, -0.05) is 19.1 Å². The van der Waals surface area contributed by atoms with Gasteiger partial charge >= 0.3 is 5.97 Å². The Bertz CT molecular complexity index is 984. The van der Waals surface area contributed by atoms with Crippen LogP contribution in [0.2, 0.25) is 0 Å². The number of rotatable bonds is 8. The number of amides is 2. The fourth-order valence-electron chi connectivity index (χ4n) is 3.75. The third kappa shape index (κ3) is 6.31. The van der Waals surface area contributed by atoms with Gasteiger partial charge in [-0.3, -0.25) is 14.5 Å². The highest BCUT2D eigenvalue weighted by Crippen LogP contribution is 2.25. The number of benzene rings is 2. The zero-order chi connectivity index (χ0) is 23.1. The second kappa shape index (κ2) is 10.8. The number of hydrogen-bond donors (Lipinski definition) is 3. The van der Waals surface area contributed by atoms with Crippen molar-refractivity contribution in [2.45, 2.75) is 26.7 Å². The molecule has 0 aliphatic carbocycles. The van der Waals surface area contributed by atoms with Gasteiger partial charge in [-0.25, -0.2) is 4.79 Å². The molecule has 1 aliphatic heterocycles. The summed E-state index contributed by atoms with van der Waals surface area (Å²) in [7, 11) is 0. The fourth-order valence-corrected chi connectivity index (χ4v) is 3.75. The Labute approximate surface area is 188 Å². The normalized spacial score (nSPS) is 14.1. The molecule has 1 heterocycles.